The van der Waals surface area contributed by atoms with Gasteiger partial charge in [-0.1, -0.05) is 48.5 Å². The third kappa shape index (κ3) is 7.56. The van der Waals surface area contributed by atoms with E-state index in [-0.39, 0.29) is 55.7 Å². The Hall–Kier alpha value is -4.29. The molecular weight excluding hydrogens is 588 g/mol. The summed E-state index contributed by atoms with van der Waals surface area (Å²) >= 11 is 0. The summed E-state index contributed by atoms with van der Waals surface area (Å²) in [5, 5.41) is 21.1. The molecule has 46 heavy (non-hydrogen) atoms. The zero-order valence-corrected chi connectivity index (χ0v) is 25.6. The fourth-order valence-corrected chi connectivity index (χ4v) is 6.47. The number of anilines is 1. The van der Waals surface area contributed by atoms with Crippen LogP contribution in [0.3, 0.4) is 0 Å². The number of rotatable bonds is 11. The van der Waals surface area contributed by atoms with E-state index >= 15 is 0 Å². The van der Waals surface area contributed by atoms with Crippen LogP contribution in [0.2, 0.25) is 0 Å². The molecule has 0 unspecified atom stereocenters. The number of fused-ring (bicyclic) bond motifs is 1. The Balaban J connectivity index is 1.12. The number of H-pyrrole nitrogens is 1. The van der Waals surface area contributed by atoms with E-state index in [9.17, 15) is 19.5 Å². The number of nitrogens with zero attached hydrogens (tertiary/aromatic N) is 2. The van der Waals surface area contributed by atoms with Crippen LogP contribution < -0.4 is 11.0 Å². The van der Waals surface area contributed by atoms with Gasteiger partial charge in [-0.25, -0.2) is 4.79 Å². The van der Waals surface area contributed by atoms with Gasteiger partial charge >= 0.3 is 11.7 Å². The summed E-state index contributed by atoms with van der Waals surface area (Å²) in [5.74, 6) is -1.15. The molecule has 0 saturated carbocycles. The highest BCUT2D eigenvalue weighted by Gasteiger charge is 2.34. The van der Waals surface area contributed by atoms with E-state index in [1.54, 1.807) is 12.1 Å². The number of ether oxygens (including phenoxy) is 2. The minimum Gasteiger partial charge on any atom is -0.481 e. The molecule has 0 spiro atoms. The topological polar surface area (TPSA) is 146 Å². The van der Waals surface area contributed by atoms with Crippen molar-refractivity contribution >= 4 is 28.6 Å². The first-order chi connectivity index (χ1) is 22.4. The molecule has 2 aliphatic heterocycles. The third-order valence-corrected chi connectivity index (χ3v) is 8.88. The number of nitrogens with one attached hydrogen (secondary N) is 2. The molecule has 2 saturated heterocycles. The van der Waals surface area contributed by atoms with Crippen molar-refractivity contribution in [2.24, 2.45) is 0 Å². The Bertz CT molecular complexity index is 1690. The molecule has 0 aliphatic carbocycles. The molecule has 3 atom stereocenters. The quantitative estimate of drug-likeness (QED) is 0.184. The largest absolute Gasteiger partial charge is 0.481 e. The molecule has 3 heterocycles. The van der Waals surface area contributed by atoms with Gasteiger partial charge in [0.1, 0.15) is 0 Å². The van der Waals surface area contributed by atoms with Crippen molar-refractivity contribution in [1.29, 1.82) is 0 Å². The van der Waals surface area contributed by atoms with E-state index in [1.165, 1.54) is 0 Å². The lowest BCUT2D eigenvalue weighted by Gasteiger charge is -2.40. The molecule has 6 rings (SSSR count). The number of benzene rings is 3. The maximum absolute atomic E-state index is 12.8. The van der Waals surface area contributed by atoms with Gasteiger partial charge in [0.2, 0.25) is 5.91 Å². The normalized spacial score (nSPS) is 20.9. The molecule has 11 heteroatoms. The van der Waals surface area contributed by atoms with E-state index in [2.05, 4.69) is 15.2 Å². The summed E-state index contributed by atoms with van der Waals surface area (Å²) in [5.41, 5.74) is 5.03. The van der Waals surface area contributed by atoms with Crippen molar-refractivity contribution in [3.05, 3.63) is 100.0 Å². The molecule has 2 aliphatic rings. The second kappa shape index (κ2) is 14.4. The van der Waals surface area contributed by atoms with Gasteiger partial charge in [0, 0.05) is 56.2 Å². The highest BCUT2D eigenvalue weighted by atomic mass is 16.7. The zero-order valence-electron chi connectivity index (χ0n) is 25.6. The summed E-state index contributed by atoms with van der Waals surface area (Å²) in [6.45, 7) is 2.39. The Morgan fingerprint density at radius 1 is 0.913 bits per heavy atom. The van der Waals surface area contributed by atoms with Gasteiger partial charge in [-0.3, -0.25) is 14.2 Å². The summed E-state index contributed by atoms with van der Waals surface area (Å²) < 4.78 is 14.9. The average molecular weight is 629 g/mol. The molecule has 242 valence electrons. The minimum absolute atomic E-state index is 0.0246. The number of aliphatic hydroxyl groups excluding tert-OH is 1. The molecule has 4 aromatic rings. The van der Waals surface area contributed by atoms with E-state index in [1.807, 2.05) is 65.2 Å². The SMILES string of the molecule is O=C(O)CCCC(=O)Nc1ccc([C@@H]2O[C@H](CN3CCC(n4c(=O)[nH]c5ccccc54)CC3)C[C@H](c3ccc(CO)cc3)O2)cc1. The second-order valence-corrected chi connectivity index (χ2v) is 12.1. The van der Waals surface area contributed by atoms with Crippen molar-refractivity contribution < 1.29 is 29.3 Å². The lowest BCUT2D eigenvalue weighted by Crippen LogP contribution is -2.43. The van der Waals surface area contributed by atoms with Crippen LogP contribution >= 0.6 is 0 Å². The van der Waals surface area contributed by atoms with Crippen LogP contribution in [0.1, 0.15) is 73.7 Å². The van der Waals surface area contributed by atoms with E-state index in [4.69, 9.17) is 14.6 Å². The zero-order chi connectivity index (χ0) is 32.0. The summed E-state index contributed by atoms with van der Waals surface area (Å²) in [6, 6.07) is 23.1. The first kappa shape index (κ1) is 31.7. The molecule has 0 radical (unpaired) electrons. The molecule has 1 amide bonds. The maximum Gasteiger partial charge on any atom is 0.326 e. The maximum atomic E-state index is 12.8. The molecule has 11 nitrogen and oxygen atoms in total. The van der Waals surface area contributed by atoms with Crippen LogP contribution in [0.15, 0.2) is 77.6 Å². The van der Waals surface area contributed by atoms with Gasteiger partial charge < -0.3 is 34.9 Å². The molecule has 3 aromatic carbocycles. The fourth-order valence-electron chi connectivity index (χ4n) is 6.47. The number of carboxylic acids is 1. The Morgan fingerprint density at radius 3 is 2.35 bits per heavy atom. The number of aromatic amines is 1. The van der Waals surface area contributed by atoms with Gasteiger partial charge in [0.15, 0.2) is 6.29 Å². The van der Waals surface area contributed by atoms with Crippen LogP contribution in [0.25, 0.3) is 11.0 Å². The predicted octanol–water partition coefficient (Wildman–Crippen LogP) is 4.90. The number of hydrogen-bond donors (Lipinski definition) is 4. The lowest BCUT2D eigenvalue weighted by atomic mass is 9.98. The fraction of sp³-hybridized carbons (Fsp3) is 0.400. The number of aromatic nitrogens is 2. The smallest absolute Gasteiger partial charge is 0.326 e. The first-order valence-electron chi connectivity index (χ1n) is 15.9. The second-order valence-electron chi connectivity index (χ2n) is 12.1. The van der Waals surface area contributed by atoms with Crippen molar-refractivity contribution in [1.82, 2.24) is 14.5 Å². The van der Waals surface area contributed by atoms with Crippen molar-refractivity contribution in [3.63, 3.8) is 0 Å². The Kier molecular flexibility index (Phi) is 9.94. The lowest BCUT2D eigenvalue weighted by molar-refractivity contribution is -0.253. The molecule has 1 aromatic heterocycles. The Labute approximate surface area is 266 Å². The number of aliphatic hydroxyl groups is 1. The number of likely N-dealkylation sites (tertiary alicyclic amines) is 1. The Morgan fingerprint density at radius 2 is 1.63 bits per heavy atom. The van der Waals surface area contributed by atoms with Gasteiger partial charge in [0.05, 0.1) is 29.8 Å². The first-order valence-corrected chi connectivity index (χ1v) is 15.9. The number of piperidine rings is 1. The van der Waals surface area contributed by atoms with Crippen LogP contribution in [0.5, 0.6) is 0 Å². The average Bonchev–Trinajstić information content (AvgIpc) is 3.40. The summed E-state index contributed by atoms with van der Waals surface area (Å²) in [6.07, 6.45) is 1.82. The number of imidazole rings is 1. The highest BCUT2D eigenvalue weighted by Crippen LogP contribution is 2.39. The summed E-state index contributed by atoms with van der Waals surface area (Å²) in [4.78, 5) is 41.1. The number of carbonyl (C=O) groups excluding carboxylic acids is 1. The van der Waals surface area contributed by atoms with Crippen LogP contribution in [0, 0.1) is 0 Å². The highest BCUT2D eigenvalue weighted by molar-refractivity contribution is 5.90. The third-order valence-electron chi connectivity index (χ3n) is 8.88. The van der Waals surface area contributed by atoms with Crippen LogP contribution in [0.4, 0.5) is 5.69 Å². The van der Waals surface area contributed by atoms with Crippen LogP contribution in [-0.2, 0) is 25.7 Å². The van der Waals surface area contributed by atoms with E-state index < -0.39 is 12.3 Å². The predicted molar refractivity (Wildman–Crippen MR) is 172 cm³/mol. The number of aliphatic carboxylic acids is 1. The monoisotopic (exact) mass is 628 g/mol. The molecular formula is C35H40N4O7. The van der Waals surface area contributed by atoms with E-state index in [0.717, 1.165) is 60.2 Å². The van der Waals surface area contributed by atoms with Gasteiger partial charge in [-0.2, -0.15) is 0 Å². The van der Waals surface area contributed by atoms with Crippen molar-refractivity contribution in [2.45, 2.75) is 69.7 Å². The number of carboxylic acid groups (broad SMARTS) is 1. The molecule has 4 N–H and O–H groups in total. The van der Waals surface area contributed by atoms with Gasteiger partial charge in [-0.15, -0.1) is 0 Å². The van der Waals surface area contributed by atoms with Crippen molar-refractivity contribution in [3.8, 4) is 0 Å². The van der Waals surface area contributed by atoms with Crippen LogP contribution in [-0.4, -0.2) is 62.3 Å². The van der Waals surface area contributed by atoms with Gasteiger partial charge in [-0.05, 0) is 54.7 Å². The number of carbonyl (C=O) groups is 2. The standard InChI is InChI=1S/C35H40N4O7/c40-22-23-8-10-24(11-9-23)31-20-28(21-38-18-16-27(17-19-38)39-30-5-2-1-4-29(30)37-35(39)44)45-34(46-31)25-12-14-26(15-13-25)36-32(41)6-3-7-33(42)43/h1-2,4-5,8-15,27-28,31,34,40H,3,6-7,16-22H2,(H,36,41)(H,37,44)(H,42,43)/t28-,31+,34+/m0/s1. The number of amides is 1. The van der Waals surface area contributed by atoms with Crippen molar-refractivity contribution in [2.75, 3.05) is 25.0 Å². The minimum atomic E-state index is -0.919. The van der Waals surface area contributed by atoms with Gasteiger partial charge in [0.25, 0.3) is 0 Å². The van der Waals surface area contributed by atoms with E-state index in [0.29, 0.717) is 12.1 Å². The molecule has 0 bridgehead atoms. The molecule has 2 fully saturated rings. The summed E-state index contributed by atoms with van der Waals surface area (Å²) in [7, 11) is 0. The number of para-hydroxylation sites is 2. The number of hydrogen-bond acceptors (Lipinski definition) is 7.